The van der Waals surface area contributed by atoms with Crippen molar-refractivity contribution in [1.29, 1.82) is 0 Å². The van der Waals surface area contributed by atoms with E-state index < -0.39 is 5.97 Å². The topological polar surface area (TPSA) is 78.6 Å². The maximum Gasteiger partial charge on any atom is 0.335 e. The van der Waals surface area contributed by atoms with Crippen molar-refractivity contribution in [2.75, 3.05) is 4.90 Å². The third-order valence-corrected chi connectivity index (χ3v) is 6.76. The van der Waals surface area contributed by atoms with E-state index in [-0.39, 0.29) is 17.6 Å². The predicted molar refractivity (Wildman–Crippen MR) is 140 cm³/mol. The average Bonchev–Trinajstić information content (AvgIpc) is 3.49. The number of aryl methyl sites for hydroxylation is 1. The van der Waals surface area contributed by atoms with Gasteiger partial charge in [0.25, 0.3) is 0 Å². The van der Waals surface area contributed by atoms with E-state index in [1.54, 1.807) is 18.3 Å². The van der Waals surface area contributed by atoms with Gasteiger partial charge in [0.05, 0.1) is 22.3 Å². The number of hydrogen-bond donors (Lipinski definition) is 2. The van der Waals surface area contributed by atoms with Gasteiger partial charge in [-0.05, 0) is 78.8 Å². The Balaban J connectivity index is 1.60. The van der Waals surface area contributed by atoms with E-state index in [0.29, 0.717) is 27.2 Å². The van der Waals surface area contributed by atoms with Gasteiger partial charge in [0.2, 0.25) is 0 Å². The molecule has 1 aliphatic heterocycles. The SMILES string of the molecule is CCc1ccc(N2C(=S)NC(c3ccccn3)C2c2ccc(-c3cc(C(=O)O)ccc3Cl)o2)cc1. The van der Waals surface area contributed by atoms with Crippen LogP contribution in [0.5, 0.6) is 0 Å². The zero-order valence-corrected chi connectivity index (χ0v) is 20.4. The molecular formula is C27H22ClN3O3S. The first-order valence-electron chi connectivity index (χ1n) is 11.2. The first-order valence-corrected chi connectivity index (χ1v) is 12.0. The molecule has 0 spiro atoms. The van der Waals surface area contributed by atoms with Crippen LogP contribution in [0.25, 0.3) is 11.3 Å². The lowest BCUT2D eigenvalue weighted by molar-refractivity contribution is 0.0697. The highest BCUT2D eigenvalue weighted by Gasteiger charge is 2.42. The molecule has 0 amide bonds. The van der Waals surface area contributed by atoms with Crippen molar-refractivity contribution >= 4 is 40.6 Å². The van der Waals surface area contributed by atoms with Gasteiger partial charge in [-0.1, -0.05) is 36.7 Å². The molecule has 2 N–H and O–H groups in total. The number of aromatic carboxylic acids is 1. The molecule has 4 aromatic rings. The van der Waals surface area contributed by atoms with Gasteiger partial charge >= 0.3 is 5.97 Å². The molecule has 0 aliphatic carbocycles. The Morgan fingerprint density at radius 1 is 1.14 bits per heavy atom. The first kappa shape index (κ1) is 23.1. The summed E-state index contributed by atoms with van der Waals surface area (Å²) in [4.78, 5) is 18.1. The molecule has 1 aliphatic rings. The second-order valence-electron chi connectivity index (χ2n) is 8.22. The van der Waals surface area contributed by atoms with Crippen molar-refractivity contribution in [3.63, 3.8) is 0 Å². The molecule has 2 aromatic heterocycles. The van der Waals surface area contributed by atoms with Crippen LogP contribution in [0.3, 0.4) is 0 Å². The summed E-state index contributed by atoms with van der Waals surface area (Å²) >= 11 is 12.2. The van der Waals surface area contributed by atoms with Crippen LogP contribution in [0, 0.1) is 0 Å². The van der Waals surface area contributed by atoms with Crippen LogP contribution in [0.4, 0.5) is 5.69 Å². The first-order chi connectivity index (χ1) is 17.0. The summed E-state index contributed by atoms with van der Waals surface area (Å²) in [6.45, 7) is 2.12. The van der Waals surface area contributed by atoms with Crippen molar-refractivity contribution in [3.8, 4) is 11.3 Å². The fourth-order valence-electron chi connectivity index (χ4n) is 4.32. The zero-order chi connectivity index (χ0) is 24.5. The minimum atomic E-state index is -1.03. The molecule has 0 saturated carbocycles. The number of carbonyl (C=O) groups is 1. The third-order valence-electron chi connectivity index (χ3n) is 6.12. The molecule has 1 saturated heterocycles. The fraction of sp³-hybridized carbons (Fsp3) is 0.148. The maximum atomic E-state index is 11.5. The molecule has 35 heavy (non-hydrogen) atoms. The lowest BCUT2D eigenvalue weighted by Gasteiger charge is -2.26. The largest absolute Gasteiger partial charge is 0.478 e. The van der Waals surface area contributed by atoms with E-state index >= 15 is 0 Å². The van der Waals surface area contributed by atoms with Crippen molar-refractivity contribution in [2.24, 2.45) is 0 Å². The standard InChI is InChI=1S/C27H22ClN3O3S/c1-2-16-6-9-18(10-7-16)31-25(24(30-27(31)35)21-5-3-4-14-29-21)23-13-12-22(34-23)19-15-17(26(32)33)8-11-20(19)28/h3-15,24-25H,2H2,1H3,(H,30,35)(H,32,33). The molecule has 0 radical (unpaired) electrons. The molecule has 176 valence electrons. The summed E-state index contributed by atoms with van der Waals surface area (Å²) in [5.74, 6) is 0.100. The zero-order valence-electron chi connectivity index (χ0n) is 18.8. The lowest BCUT2D eigenvalue weighted by atomic mass is 10.0. The molecule has 0 bridgehead atoms. The summed E-state index contributed by atoms with van der Waals surface area (Å²) in [6, 6.07) is 21.7. The van der Waals surface area contributed by atoms with Gasteiger partial charge in [-0.3, -0.25) is 4.98 Å². The van der Waals surface area contributed by atoms with Gasteiger partial charge in [-0.2, -0.15) is 0 Å². The van der Waals surface area contributed by atoms with Gasteiger partial charge in [0.15, 0.2) is 5.11 Å². The average molecular weight is 504 g/mol. The van der Waals surface area contributed by atoms with Crippen molar-refractivity contribution < 1.29 is 14.3 Å². The number of carboxylic acids is 1. The van der Waals surface area contributed by atoms with E-state index in [1.165, 1.54) is 17.7 Å². The molecule has 8 heteroatoms. The number of benzene rings is 2. The predicted octanol–water partition coefficient (Wildman–Crippen LogP) is 6.43. The number of carboxylic acid groups (broad SMARTS) is 1. The number of hydrogen-bond acceptors (Lipinski definition) is 4. The molecule has 3 heterocycles. The van der Waals surface area contributed by atoms with Gasteiger partial charge in [-0.15, -0.1) is 0 Å². The maximum absolute atomic E-state index is 11.5. The monoisotopic (exact) mass is 503 g/mol. The van der Waals surface area contributed by atoms with E-state index in [1.807, 2.05) is 29.2 Å². The van der Waals surface area contributed by atoms with E-state index in [2.05, 4.69) is 41.5 Å². The number of nitrogens with one attached hydrogen (secondary N) is 1. The Bertz CT molecular complexity index is 1390. The highest BCUT2D eigenvalue weighted by atomic mass is 35.5. The molecule has 2 aromatic carbocycles. The van der Waals surface area contributed by atoms with Gasteiger partial charge < -0.3 is 19.7 Å². The number of anilines is 1. The molecule has 5 rings (SSSR count). The highest BCUT2D eigenvalue weighted by Crippen LogP contribution is 2.43. The summed E-state index contributed by atoms with van der Waals surface area (Å²) in [7, 11) is 0. The number of aromatic nitrogens is 1. The van der Waals surface area contributed by atoms with Crippen LogP contribution in [-0.4, -0.2) is 21.2 Å². The Labute approximate surface area is 213 Å². The number of furan rings is 1. The van der Waals surface area contributed by atoms with Crippen LogP contribution in [0.1, 0.15) is 46.4 Å². The lowest BCUT2D eigenvalue weighted by Crippen LogP contribution is -2.29. The van der Waals surface area contributed by atoms with Gasteiger partial charge in [-0.25, -0.2) is 4.79 Å². The summed E-state index contributed by atoms with van der Waals surface area (Å²) in [5.41, 5.74) is 3.65. The van der Waals surface area contributed by atoms with Crippen molar-refractivity contribution in [1.82, 2.24) is 10.3 Å². The second kappa shape index (κ2) is 9.52. The van der Waals surface area contributed by atoms with Crippen LogP contribution >= 0.6 is 23.8 Å². The van der Waals surface area contributed by atoms with Crippen LogP contribution < -0.4 is 10.2 Å². The Morgan fingerprint density at radius 2 is 1.94 bits per heavy atom. The number of nitrogens with zero attached hydrogens (tertiary/aromatic N) is 2. The summed E-state index contributed by atoms with van der Waals surface area (Å²) in [5, 5.41) is 13.8. The summed E-state index contributed by atoms with van der Waals surface area (Å²) in [6.07, 6.45) is 2.70. The van der Waals surface area contributed by atoms with E-state index in [9.17, 15) is 9.90 Å². The molecule has 6 nitrogen and oxygen atoms in total. The second-order valence-corrected chi connectivity index (χ2v) is 9.01. The Kier molecular flexibility index (Phi) is 6.28. The Hall–Kier alpha value is -3.68. The van der Waals surface area contributed by atoms with E-state index in [4.69, 9.17) is 28.2 Å². The third kappa shape index (κ3) is 4.40. The normalized spacial score (nSPS) is 17.4. The summed E-state index contributed by atoms with van der Waals surface area (Å²) < 4.78 is 6.32. The van der Waals surface area contributed by atoms with Gasteiger partial charge in [0.1, 0.15) is 17.6 Å². The minimum absolute atomic E-state index is 0.134. The number of pyridine rings is 1. The van der Waals surface area contributed by atoms with Crippen LogP contribution in [0.15, 0.2) is 83.4 Å². The fourth-order valence-corrected chi connectivity index (χ4v) is 4.87. The highest BCUT2D eigenvalue weighted by molar-refractivity contribution is 7.80. The molecule has 2 unspecified atom stereocenters. The quantitative estimate of drug-likeness (QED) is 0.293. The molecular weight excluding hydrogens is 482 g/mol. The molecule has 1 fully saturated rings. The Morgan fingerprint density at radius 3 is 2.63 bits per heavy atom. The number of rotatable bonds is 6. The van der Waals surface area contributed by atoms with E-state index in [0.717, 1.165) is 17.8 Å². The smallest absolute Gasteiger partial charge is 0.335 e. The van der Waals surface area contributed by atoms with Crippen LogP contribution in [-0.2, 0) is 6.42 Å². The molecule has 2 atom stereocenters. The van der Waals surface area contributed by atoms with Crippen molar-refractivity contribution in [2.45, 2.75) is 25.4 Å². The van der Waals surface area contributed by atoms with Gasteiger partial charge in [0, 0.05) is 17.4 Å². The van der Waals surface area contributed by atoms with Crippen LogP contribution in [0.2, 0.25) is 5.02 Å². The minimum Gasteiger partial charge on any atom is -0.478 e. The van der Waals surface area contributed by atoms with Crippen molar-refractivity contribution in [3.05, 3.63) is 107 Å². The number of halogens is 1. The number of thiocarbonyl (C=S) groups is 1.